The second-order valence-corrected chi connectivity index (χ2v) is 6.01. The molecule has 1 aromatic rings. The normalized spacial score (nSPS) is 32.2. The van der Waals surface area contributed by atoms with Crippen molar-refractivity contribution in [2.75, 3.05) is 5.73 Å². The molecule has 12 nitrogen and oxygen atoms in total. The lowest BCUT2D eigenvalue weighted by Gasteiger charge is -2.37. The van der Waals surface area contributed by atoms with Crippen LogP contribution in [0.4, 0.5) is 5.95 Å². The fourth-order valence-corrected chi connectivity index (χ4v) is 2.95. The third kappa shape index (κ3) is 2.54. The number of ketones is 3. The van der Waals surface area contributed by atoms with E-state index in [2.05, 4.69) is 9.97 Å². The Morgan fingerprint density at radius 3 is 2.19 bits per heavy atom. The molecule has 0 spiro atoms. The Morgan fingerprint density at radius 1 is 1.23 bits per heavy atom. The summed E-state index contributed by atoms with van der Waals surface area (Å²) in [4.78, 5) is 54.8. The van der Waals surface area contributed by atoms with Gasteiger partial charge in [0.15, 0.2) is 29.2 Å². The van der Waals surface area contributed by atoms with E-state index in [1.165, 1.54) is 0 Å². The van der Waals surface area contributed by atoms with Gasteiger partial charge in [-0.3, -0.25) is 19.0 Å². The van der Waals surface area contributed by atoms with Crippen LogP contribution in [0.25, 0.3) is 0 Å². The molecule has 1 aromatic heterocycles. The van der Waals surface area contributed by atoms with E-state index in [1.54, 1.807) is 0 Å². The van der Waals surface area contributed by atoms with E-state index in [4.69, 9.17) is 10.5 Å². The average Bonchev–Trinajstić information content (AvgIpc) is 2.78. The second-order valence-electron chi connectivity index (χ2n) is 6.01. The number of carbonyl (C=O) groups is 3. The summed E-state index contributed by atoms with van der Waals surface area (Å²) in [6.45, 7) is 2.63. The number of nitrogens with two attached hydrogens (primary N) is 1. The first-order valence-corrected chi connectivity index (χ1v) is 7.40. The smallest absolute Gasteiger partial charge is 0.354 e. The quantitative estimate of drug-likeness (QED) is 0.405. The summed E-state index contributed by atoms with van der Waals surface area (Å²) in [5.41, 5.74) is -1.86. The summed E-state index contributed by atoms with van der Waals surface area (Å²) in [7, 11) is 0. The molecule has 0 bridgehead atoms. The van der Waals surface area contributed by atoms with Gasteiger partial charge in [-0.05, 0) is 20.8 Å². The van der Waals surface area contributed by atoms with Crippen LogP contribution in [0.1, 0.15) is 27.0 Å². The minimum absolute atomic E-state index is 0.405. The Kier molecular flexibility index (Phi) is 4.81. The van der Waals surface area contributed by atoms with Crippen LogP contribution in [0.5, 0.6) is 0 Å². The minimum Gasteiger partial charge on any atom is -0.382 e. The molecule has 0 aliphatic carbocycles. The van der Waals surface area contributed by atoms with Crippen LogP contribution in [0.2, 0.25) is 0 Å². The number of aliphatic hydroxyl groups excluding tert-OH is 1. The molecule has 1 unspecified atom stereocenters. The van der Waals surface area contributed by atoms with Gasteiger partial charge >= 0.3 is 5.69 Å². The van der Waals surface area contributed by atoms with Crippen LogP contribution in [0.15, 0.2) is 11.1 Å². The van der Waals surface area contributed by atoms with Crippen molar-refractivity contribution < 1.29 is 34.4 Å². The van der Waals surface area contributed by atoms with Gasteiger partial charge in [-0.1, -0.05) is 0 Å². The molecule has 2 heterocycles. The Morgan fingerprint density at radius 2 is 1.77 bits per heavy atom. The van der Waals surface area contributed by atoms with Crippen molar-refractivity contribution in [2.24, 2.45) is 0 Å². The summed E-state index contributed by atoms with van der Waals surface area (Å²) in [5, 5.41) is 31.9. The molecule has 0 aromatic carbocycles. The molecule has 5 N–H and O–H groups in total. The van der Waals surface area contributed by atoms with Gasteiger partial charge in [0, 0.05) is 0 Å². The van der Waals surface area contributed by atoms with Crippen molar-refractivity contribution >= 4 is 23.3 Å². The van der Waals surface area contributed by atoms with E-state index in [0.29, 0.717) is 4.57 Å². The third-order valence-electron chi connectivity index (χ3n) is 4.40. The molecule has 1 aliphatic heterocycles. The number of rotatable bonds is 5. The zero-order chi connectivity index (χ0) is 20.0. The topological polar surface area (TPSA) is 195 Å². The van der Waals surface area contributed by atoms with E-state index >= 15 is 0 Å². The summed E-state index contributed by atoms with van der Waals surface area (Å²) >= 11 is 0. The predicted molar refractivity (Wildman–Crippen MR) is 82.6 cm³/mol. The van der Waals surface area contributed by atoms with Crippen molar-refractivity contribution in [3.63, 3.8) is 0 Å². The first-order chi connectivity index (χ1) is 11.9. The second kappa shape index (κ2) is 6.32. The Hall–Kier alpha value is -2.54. The fraction of sp³-hybridized carbons (Fsp3) is 0.571. The molecule has 2 rings (SSSR count). The molecular weight excluding hydrogens is 352 g/mol. The summed E-state index contributed by atoms with van der Waals surface area (Å²) in [6, 6.07) is 0. The average molecular weight is 370 g/mol. The monoisotopic (exact) mass is 370 g/mol. The highest BCUT2D eigenvalue weighted by molar-refractivity contribution is 5.99. The van der Waals surface area contributed by atoms with Crippen LogP contribution in [-0.4, -0.2) is 70.6 Å². The maximum atomic E-state index is 12.2. The van der Waals surface area contributed by atoms with Crippen molar-refractivity contribution in [3.05, 3.63) is 16.8 Å². The van der Waals surface area contributed by atoms with Gasteiger partial charge in [-0.25, -0.2) is 9.78 Å². The first-order valence-electron chi connectivity index (χ1n) is 7.40. The van der Waals surface area contributed by atoms with E-state index in [0.717, 1.165) is 27.1 Å². The zero-order valence-corrected chi connectivity index (χ0v) is 14.1. The van der Waals surface area contributed by atoms with Crippen LogP contribution >= 0.6 is 0 Å². The number of aromatic nitrogens is 3. The Labute approximate surface area is 146 Å². The molecule has 0 radical (unpaired) electrons. The van der Waals surface area contributed by atoms with Crippen molar-refractivity contribution in [3.8, 4) is 0 Å². The molecule has 12 heteroatoms. The summed E-state index contributed by atoms with van der Waals surface area (Å²) < 4.78 is 5.80. The highest BCUT2D eigenvalue weighted by atomic mass is 16.6. The molecule has 0 saturated carbocycles. The summed E-state index contributed by atoms with van der Waals surface area (Å²) in [6.07, 6.45) is -5.31. The molecule has 1 saturated heterocycles. The minimum atomic E-state index is -3.02. The molecule has 1 aliphatic rings. The number of aliphatic hydroxyl groups is 3. The Bertz CT molecular complexity index is 838. The predicted octanol–water partition coefficient (Wildman–Crippen LogP) is -3.29. The van der Waals surface area contributed by atoms with E-state index in [9.17, 15) is 34.5 Å². The zero-order valence-electron chi connectivity index (χ0n) is 14.1. The third-order valence-corrected chi connectivity index (χ3v) is 4.40. The fourth-order valence-electron chi connectivity index (χ4n) is 2.95. The molecule has 0 amide bonds. The lowest BCUT2D eigenvalue weighted by atomic mass is 9.73. The van der Waals surface area contributed by atoms with Gasteiger partial charge in [-0.2, -0.15) is 4.98 Å². The van der Waals surface area contributed by atoms with Crippen LogP contribution in [0, 0.1) is 0 Å². The number of Topliss-reactive ketones (excluding diaryl/α,β-unsaturated/α-hetero) is 3. The largest absolute Gasteiger partial charge is 0.382 e. The highest BCUT2D eigenvalue weighted by Crippen LogP contribution is 2.47. The Balaban J connectivity index is 2.77. The van der Waals surface area contributed by atoms with Crippen LogP contribution in [-0.2, 0) is 19.1 Å². The number of nitrogens with zero attached hydrogens (tertiary/aromatic N) is 3. The number of anilines is 1. The van der Waals surface area contributed by atoms with Crippen molar-refractivity contribution in [1.29, 1.82) is 0 Å². The molecule has 142 valence electrons. The van der Waals surface area contributed by atoms with Gasteiger partial charge in [0.1, 0.15) is 18.5 Å². The number of hydrogen-bond acceptors (Lipinski definition) is 11. The molecule has 26 heavy (non-hydrogen) atoms. The number of carbonyl (C=O) groups excluding carboxylic acids is 3. The maximum absolute atomic E-state index is 12.2. The van der Waals surface area contributed by atoms with Gasteiger partial charge in [0.25, 0.3) is 0 Å². The van der Waals surface area contributed by atoms with Crippen molar-refractivity contribution in [1.82, 2.24) is 14.5 Å². The standard InChI is InChI=1S/C14H18N4O8/c1-5(19)8(22)9-13(24,6(2)20)14(25,7(3)21)10(26-9)18-4-16-11(15)17-12(18)23/h4,8-10,22,24-25H,1-3H3,(H2,15,17,23)/t8?,9-,10-,13-,14+/m1/s1. The van der Waals surface area contributed by atoms with Gasteiger partial charge in [0.2, 0.25) is 11.5 Å². The van der Waals surface area contributed by atoms with Gasteiger partial charge in [-0.15, -0.1) is 0 Å². The number of hydrogen-bond donors (Lipinski definition) is 4. The lowest BCUT2D eigenvalue weighted by Crippen LogP contribution is -2.68. The number of ether oxygens (including phenoxy) is 1. The first kappa shape index (κ1) is 19.8. The van der Waals surface area contributed by atoms with Gasteiger partial charge < -0.3 is 25.8 Å². The van der Waals surface area contributed by atoms with E-state index in [1.807, 2.05) is 0 Å². The van der Waals surface area contributed by atoms with Crippen LogP contribution < -0.4 is 11.4 Å². The SMILES string of the molecule is CC(=O)C(O)[C@H]1O[C@@H](n2cnc(N)nc2=O)[C@@](O)(C(C)=O)[C@@]1(O)C(C)=O. The highest BCUT2D eigenvalue weighted by Gasteiger charge is 2.73. The lowest BCUT2D eigenvalue weighted by molar-refractivity contribution is -0.184. The molecule has 5 atom stereocenters. The van der Waals surface area contributed by atoms with E-state index in [-0.39, 0.29) is 0 Å². The maximum Gasteiger partial charge on any atom is 0.354 e. The molecule has 1 fully saturated rings. The summed E-state index contributed by atoms with van der Waals surface area (Å²) in [5.74, 6) is -3.62. The van der Waals surface area contributed by atoms with Crippen molar-refractivity contribution in [2.45, 2.75) is 50.4 Å². The molecular formula is C14H18N4O8. The number of nitrogen functional groups attached to an aromatic ring is 1. The van der Waals surface area contributed by atoms with Crippen LogP contribution in [0.3, 0.4) is 0 Å². The van der Waals surface area contributed by atoms with E-state index < -0.39 is 58.6 Å². The van der Waals surface area contributed by atoms with Gasteiger partial charge in [0.05, 0.1) is 0 Å².